The Morgan fingerprint density at radius 1 is 1.10 bits per heavy atom. The van der Waals surface area contributed by atoms with Gasteiger partial charge in [0.05, 0.1) is 6.10 Å². The fourth-order valence-electron chi connectivity index (χ4n) is 2.52. The summed E-state index contributed by atoms with van der Waals surface area (Å²) in [6.45, 7) is 1.80. The van der Waals surface area contributed by atoms with Gasteiger partial charge in [0.2, 0.25) is 0 Å². The van der Waals surface area contributed by atoms with E-state index in [2.05, 4.69) is 0 Å². The molecule has 0 bridgehead atoms. The summed E-state index contributed by atoms with van der Waals surface area (Å²) in [5.41, 5.74) is 2.42. The van der Waals surface area contributed by atoms with E-state index in [-0.39, 0.29) is 11.5 Å². The minimum absolute atomic E-state index is 0.140. The van der Waals surface area contributed by atoms with Crippen molar-refractivity contribution in [3.63, 3.8) is 0 Å². The minimum Gasteiger partial charge on any atom is -0.508 e. The van der Waals surface area contributed by atoms with Gasteiger partial charge in [-0.3, -0.25) is 0 Å². The highest BCUT2D eigenvalue weighted by Crippen LogP contribution is 2.37. The molecular weight excluding hydrogens is 256 g/mol. The maximum atomic E-state index is 10.2. The summed E-state index contributed by atoms with van der Waals surface area (Å²) in [7, 11) is 0. The Morgan fingerprint density at radius 2 is 1.90 bits per heavy atom. The highest BCUT2D eigenvalue weighted by Gasteiger charge is 2.30. The number of rotatable bonds is 1. The molecule has 0 radical (unpaired) electrons. The van der Waals surface area contributed by atoms with E-state index in [0.29, 0.717) is 12.2 Å². The van der Waals surface area contributed by atoms with Gasteiger partial charge in [-0.1, -0.05) is 12.1 Å². The Balaban J connectivity index is 1.97. The van der Waals surface area contributed by atoms with Crippen LogP contribution in [0.25, 0.3) is 0 Å². The minimum atomic E-state index is -0.656. The molecule has 0 unspecified atom stereocenters. The van der Waals surface area contributed by atoms with E-state index in [0.717, 1.165) is 16.7 Å². The highest BCUT2D eigenvalue weighted by atomic mass is 16.5. The van der Waals surface area contributed by atoms with Gasteiger partial charge in [0, 0.05) is 12.5 Å². The van der Waals surface area contributed by atoms with Crippen LogP contribution in [0.3, 0.4) is 0 Å². The molecule has 4 nitrogen and oxygen atoms in total. The van der Waals surface area contributed by atoms with E-state index in [1.165, 1.54) is 0 Å². The summed E-state index contributed by atoms with van der Waals surface area (Å²) in [6, 6.07) is 10.0. The number of benzene rings is 2. The number of hydrogen-bond acceptors (Lipinski definition) is 4. The summed E-state index contributed by atoms with van der Waals surface area (Å²) in [4.78, 5) is 0. The Labute approximate surface area is 116 Å². The fraction of sp³-hybridized carbons (Fsp3) is 0.250. The van der Waals surface area contributed by atoms with Gasteiger partial charge in [-0.25, -0.2) is 0 Å². The predicted octanol–water partition coefficient (Wildman–Crippen LogP) is 2.44. The van der Waals surface area contributed by atoms with Crippen molar-refractivity contribution in [1.82, 2.24) is 0 Å². The zero-order valence-electron chi connectivity index (χ0n) is 11.1. The largest absolute Gasteiger partial charge is 0.508 e. The lowest BCUT2D eigenvalue weighted by Crippen LogP contribution is -2.30. The van der Waals surface area contributed by atoms with Crippen molar-refractivity contribution in [3.8, 4) is 17.2 Å². The molecule has 0 amide bonds. The van der Waals surface area contributed by atoms with Crippen molar-refractivity contribution >= 4 is 0 Å². The Bertz CT molecular complexity index is 651. The van der Waals surface area contributed by atoms with Crippen LogP contribution >= 0.6 is 0 Å². The van der Waals surface area contributed by atoms with Gasteiger partial charge in [0.25, 0.3) is 0 Å². The van der Waals surface area contributed by atoms with Crippen molar-refractivity contribution in [2.24, 2.45) is 0 Å². The van der Waals surface area contributed by atoms with Crippen LogP contribution in [0.5, 0.6) is 17.2 Å². The molecule has 0 saturated carbocycles. The standard InChI is InChI=1S/C16H16O4/c1-9-6-11(3-5-13(9)18)16-14(19)7-10-2-4-12(17)8-15(10)20-16/h2-6,8,14,16-19H,7H2,1H3/t14-,16-/m1/s1. The number of fused-ring (bicyclic) bond motifs is 1. The number of aromatic hydroxyl groups is 2. The van der Waals surface area contributed by atoms with Gasteiger partial charge in [-0.2, -0.15) is 0 Å². The third-order valence-corrected chi connectivity index (χ3v) is 3.63. The van der Waals surface area contributed by atoms with Crippen molar-refractivity contribution in [3.05, 3.63) is 53.1 Å². The second kappa shape index (κ2) is 4.72. The molecule has 0 fully saturated rings. The molecule has 3 N–H and O–H groups in total. The number of aliphatic hydroxyl groups excluding tert-OH is 1. The molecule has 2 atom stereocenters. The molecule has 20 heavy (non-hydrogen) atoms. The maximum Gasteiger partial charge on any atom is 0.150 e. The monoisotopic (exact) mass is 272 g/mol. The smallest absolute Gasteiger partial charge is 0.150 e. The Hall–Kier alpha value is -2.20. The molecule has 0 aliphatic carbocycles. The molecule has 0 aromatic heterocycles. The normalized spacial score (nSPS) is 21.1. The average Bonchev–Trinajstić information content (AvgIpc) is 2.42. The zero-order valence-corrected chi connectivity index (χ0v) is 11.1. The first-order valence-corrected chi connectivity index (χ1v) is 6.51. The highest BCUT2D eigenvalue weighted by molar-refractivity contribution is 5.44. The SMILES string of the molecule is Cc1cc([C@H]2Oc3cc(O)ccc3C[C@H]2O)ccc1O. The van der Waals surface area contributed by atoms with Gasteiger partial charge in [-0.05, 0) is 41.8 Å². The number of phenols is 2. The number of aryl methyl sites for hydroxylation is 1. The van der Waals surface area contributed by atoms with Crippen molar-refractivity contribution in [2.45, 2.75) is 25.6 Å². The van der Waals surface area contributed by atoms with Crippen molar-refractivity contribution < 1.29 is 20.1 Å². The zero-order chi connectivity index (χ0) is 14.3. The molecule has 1 heterocycles. The van der Waals surface area contributed by atoms with E-state index in [1.54, 1.807) is 43.3 Å². The van der Waals surface area contributed by atoms with Crippen LogP contribution in [0, 0.1) is 6.92 Å². The lowest BCUT2D eigenvalue weighted by atomic mass is 9.94. The molecule has 104 valence electrons. The second-order valence-electron chi connectivity index (χ2n) is 5.15. The summed E-state index contributed by atoms with van der Waals surface area (Å²) in [5.74, 6) is 0.948. The van der Waals surface area contributed by atoms with E-state index >= 15 is 0 Å². The number of phenolic OH excluding ortho intramolecular Hbond substituents is 2. The average molecular weight is 272 g/mol. The van der Waals surface area contributed by atoms with Gasteiger partial charge in [-0.15, -0.1) is 0 Å². The first-order valence-electron chi connectivity index (χ1n) is 6.51. The molecule has 2 aromatic rings. The van der Waals surface area contributed by atoms with Crippen LogP contribution in [0.15, 0.2) is 36.4 Å². The fourth-order valence-corrected chi connectivity index (χ4v) is 2.52. The van der Waals surface area contributed by atoms with Crippen LogP contribution in [0.4, 0.5) is 0 Å². The maximum absolute atomic E-state index is 10.2. The molecule has 3 rings (SSSR count). The van der Waals surface area contributed by atoms with E-state index < -0.39 is 12.2 Å². The van der Waals surface area contributed by atoms with Crippen LogP contribution in [0.2, 0.25) is 0 Å². The first kappa shape index (κ1) is 12.8. The molecule has 0 spiro atoms. The third-order valence-electron chi connectivity index (χ3n) is 3.63. The third kappa shape index (κ3) is 2.18. The van der Waals surface area contributed by atoms with E-state index in [4.69, 9.17) is 4.74 Å². The van der Waals surface area contributed by atoms with Gasteiger partial charge < -0.3 is 20.1 Å². The van der Waals surface area contributed by atoms with E-state index in [9.17, 15) is 15.3 Å². The molecule has 1 aliphatic rings. The van der Waals surface area contributed by atoms with E-state index in [1.807, 2.05) is 0 Å². The van der Waals surface area contributed by atoms with Crippen LogP contribution in [-0.2, 0) is 6.42 Å². The molecule has 0 saturated heterocycles. The number of hydrogen-bond donors (Lipinski definition) is 3. The molecular formula is C16H16O4. The first-order chi connectivity index (χ1) is 9.54. The second-order valence-corrected chi connectivity index (χ2v) is 5.15. The summed E-state index contributed by atoms with van der Waals surface area (Å²) in [6.07, 6.45) is -0.681. The van der Waals surface area contributed by atoms with Crippen LogP contribution in [-0.4, -0.2) is 21.4 Å². The van der Waals surface area contributed by atoms with Gasteiger partial charge in [0.15, 0.2) is 0 Å². The quantitative estimate of drug-likeness (QED) is 0.745. The topological polar surface area (TPSA) is 69.9 Å². The van der Waals surface area contributed by atoms with Gasteiger partial charge in [0.1, 0.15) is 23.4 Å². The molecule has 1 aliphatic heterocycles. The van der Waals surface area contributed by atoms with Crippen LogP contribution < -0.4 is 4.74 Å². The lowest BCUT2D eigenvalue weighted by molar-refractivity contribution is 0.0206. The number of ether oxygens (including phenoxy) is 1. The Morgan fingerprint density at radius 3 is 2.65 bits per heavy atom. The van der Waals surface area contributed by atoms with Gasteiger partial charge >= 0.3 is 0 Å². The van der Waals surface area contributed by atoms with Crippen molar-refractivity contribution in [2.75, 3.05) is 0 Å². The summed E-state index contributed by atoms with van der Waals surface area (Å²) < 4.78 is 5.81. The molecule has 2 aromatic carbocycles. The molecule has 4 heteroatoms. The number of aliphatic hydroxyl groups is 1. The van der Waals surface area contributed by atoms with Crippen molar-refractivity contribution in [1.29, 1.82) is 0 Å². The Kier molecular flexibility index (Phi) is 3.03. The predicted molar refractivity (Wildman–Crippen MR) is 74.0 cm³/mol. The van der Waals surface area contributed by atoms with Crippen LogP contribution in [0.1, 0.15) is 22.8 Å². The lowest BCUT2D eigenvalue weighted by Gasteiger charge is -2.31. The summed E-state index contributed by atoms with van der Waals surface area (Å²) in [5, 5.41) is 29.3. The summed E-state index contributed by atoms with van der Waals surface area (Å²) >= 11 is 0.